The van der Waals surface area contributed by atoms with Gasteiger partial charge in [0.1, 0.15) is 6.04 Å². The molecule has 0 bridgehead atoms. The van der Waals surface area contributed by atoms with Gasteiger partial charge in [-0.3, -0.25) is 0 Å². The van der Waals surface area contributed by atoms with E-state index in [1.807, 2.05) is 11.9 Å². The van der Waals surface area contributed by atoms with E-state index in [4.69, 9.17) is 0 Å². The minimum Gasteiger partial charge on any atom is -0.480 e. The van der Waals surface area contributed by atoms with Crippen LogP contribution in [0.15, 0.2) is 0 Å². The maximum absolute atomic E-state index is 12.6. The number of carboxylic acid groups (broad SMARTS) is 1. The van der Waals surface area contributed by atoms with Crippen molar-refractivity contribution in [3.8, 4) is 0 Å². The SMILES string of the molecule is CN1CCN(C(=O)N2CC3CCCC3C2C(=O)O)CC1. The number of urea groups is 1. The summed E-state index contributed by atoms with van der Waals surface area (Å²) < 4.78 is 0. The molecule has 3 unspecified atom stereocenters. The van der Waals surface area contributed by atoms with Crippen molar-refractivity contribution < 1.29 is 14.7 Å². The molecule has 1 saturated carbocycles. The number of hydrogen-bond acceptors (Lipinski definition) is 3. The lowest BCUT2D eigenvalue weighted by Crippen LogP contribution is -2.54. The molecular weight excluding hydrogens is 258 g/mol. The van der Waals surface area contributed by atoms with Crippen LogP contribution in [0.2, 0.25) is 0 Å². The van der Waals surface area contributed by atoms with Gasteiger partial charge < -0.3 is 19.8 Å². The summed E-state index contributed by atoms with van der Waals surface area (Å²) >= 11 is 0. The van der Waals surface area contributed by atoms with Crippen molar-refractivity contribution in [1.82, 2.24) is 14.7 Å². The second kappa shape index (κ2) is 5.24. The average Bonchev–Trinajstić information content (AvgIpc) is 2.97. The van der Waals surface area contributed by atoms with Gasteiger partial charge in [-0.05, 0) is 31.7 Å². The predicted molar refractivity (Wildman–Crippen MR) is 73.4 cm³/mol. The predicted octanol–water partition coefficient (Wildman–Crippen LogP) is 0.539. The van der Waals surface area contributed by atoms with Crippen LogP contribution in [0.25, 0.3) is 0 Å². The number of amides is 2. The lowest BCUT2D eigenvalue weighted by molar-refractivity contribution is -0.142. The molecule has 0 aromatic rings. The van der Waals surface area contributed by atoms with Crippen molar-refractivity contribution in [3.63, 3.8) is 0 Å². The largest absolute Gasteiger partial charge is 0.480 e. The Hall–Kier alpha value is -1.30. The van der Waals surface area contributed by atoms with Crippen LogP contribution in [-0.2, 0) is 4.79 Å². The molecule has 112 valence electrons. The van der Waals surface area contributed by atoms with Gasteiger partial charge in [0.2, 0.25) is 0 Å². The first kappa shape index (κ1) is 13.7. The highest BCUT2D eigenvalue weighted by Crippen LogP contribution is 2.42. The number of fused-ring (bicyclic) bond motifs is 1. The van der Waals surface area contributed by atoms with E-state index < -0.39 is 12.0 Å². The Balaban J connectivity index is 1.72. The van der Waals surface area contributed by atoms with Gasteiger partial charge in [-0.2, -0.15) is 0 Å². The minimum atomic E-state index is -0.832. The Morgan fingerprint density at radius 2 is 1.80 bits per heavy atom. The normalized spacial score (nSPS) is 34.4. The molecule has 2 heterocycles. The van der Waals surface area contributed by atoms with E-state index in [1.165, 1.54) is 0 Å². The fraction of sp³-hybridized carbons (Fsp3) is 0.857. The summed E-state index contributed by atoms with van der Waals surface area (Å²) in [5.41, 5.74) is 0. The molecule has 0 spiro atoms. The van der Waals surface area contributed by atoms with Crippen LogP contribution in [0.5, 0.6) is 0 Å². The highest BCUT2D eigenvalue weighted by atomic mass is 16.4. The zero-order valence-electron chi connectivity index (χ0n) is 12.0. The number of hydrogen-bond donors (Lipinski definition) is 1. The molecule has 6 heteroatoms. The molecule has 2 saturated heterocycles. The van der Waals surface area contributed by atoms with E-state index >= 15 is 0 Å². The second-order valence-electron chi connectivity index (χ2n) is 6.36. The molecule has 2 amide bonds. The molecule has 3 rings (SSSR count). The van der Waals surface area contributed by atoms with E-state index in [1.54, 1.807) is 4.90 Å². The number of likely N-dealkylation sites (tertiary alicyclic amines) is 1. The van der Waals surface area contributed by atoms with Crippen LogP contribution in [0.4, 0.5) is 4.79 Å². The van der Waals surface area contributed by atoms with Crippen LogP contribution >= 0.6 is 0 Å². The Morgan fingerprint density at radius 1 is 1.10 bits per heavy atom. The molecule has 3 fully saturated rings. The van der Waals surface area contributed by atoms with Crippen LogP contribution < -0.4 is 0 Å². The first-order valence-electron chi connectivity index (χ1n) is 7.55. The molecule has 3 atom stereocenters. The van der Waals surface area contributed by atoms with Crippen molar-refractivity contribution in [1.29, 1.82) is 0 Å². The summed E-state index contributed by atoms with van der Waals surface area (Å²) in [6.45, 7) is 3.77. The molecule has 3 aliphatic rings. The van der Waals surface area contributed by atoms with E-state index in [9.17, 15) is 14.7 Å². The number of carbonyl (C=O) groups is 2. The number of carboxylic acids is 1. The maximum atomic E-state index is 12.6. The van der Waals surface area contributed by atoms with Crippen LogP contribution in [0, 0.1) is 11.8 Å². The fourth-order valence-electron chi connectivity index (χ4n) is 4.00. The molecule has 1 N–H and O–H groups in total. The number of piperazine rings is 1. The summed E-state index contributed by atoms with van der Waals surface area (Å²) in [7, 11) is 2.04. The third-order valence-corrected chi connectivity index (χ3v) is 5.16. The van der Waals surface area contributed by atoms with Gasteiger partial charge in [0.15, 0.2) is 0 Å². The fourth-order valence-corrected chi connectivity index (χ4v) is 4.00. The van der Waals surface area contributed by atoms with Crippen LogP contribution in [0.1, 0.15) is 19.3 Å². The van der Waals surface area contributed by atoms with Gasteiger partial charge in [0, 0.05) is 32.7 Å². The molecule has 20 heavy (non-hydrogen) atoms. The summed E-state index contributed by atoms with van der Waals surface area (Å²) in [4.78, 5) is 29.8. The number of aliphatic carboxylic acids is 1. The average molecular weight is 281 g/mol. The van der Waals surface area contributed by atoms with Crippen LogP contribution in [-0.4, -0.2) is 77.6 Å². The van der Waals surface area contributed by atoms with Gasteiger partial charge in [0.05, 0.1) is 0 Å². The van der Waals surface area contributed by atoms with Crippen molar-refractivity contribution in [2.75, 3.05) is 39.8 Å². The van der Waals surface area contributed by atoms with Gasteiger partial charge in [0.25, 0.3) is 0 Å². The van der Waals surface area contributed by atoms with Gasteiger partial charge in [-0.1, -0.05) is 6.42 Å². The number of likely N-dealkylation sites (N-methyl/N-ethyl adjacent to an activating group) is 1. The molecular formula is C14H23N3O3. The maximum Gasteiger partial charge on any atom is 0.326 e. The van der Waals surface area contributed by atoms with E-state index in [0.717, 1.165) is 32.4 Å². The molecule has 6 nitrogen and oxygen atoms in total. The van der Waals surface area contributed by atoms with Crippen molar-refractivity contribution >= 4 is 12.0 Å². The quantitative estimate of drug-likeness (QED) is 0.762. The van der Waals surface area contributed by atoms with Crippen molar-refractivity contribution in [3.05, 3.63) is 0 Å². The Morgan fingerprint density at radius 3 is 2.45 bits per heavy atom. The minimum absolute atomic E-state index is 0.0695. The van der Waals surface area contributed by atoms with Crippen LogP contribution in [0.3, 0.4) is 0 Å². The summed E-state index contributed by atoms with van der Waals surface area (Å²) in [6, 6.07) is -0.672. The van der Waals surface area contributed by atoms with Crippen molar-refractivity contribution in [2.24, 2.45) is 11.8 Å². The molecule has 0 aromatic carbocycles. The zero-order chi connectivity index (χ0) is 14.3. The third-order valence-electron chi connectivity index (χ3n) is 5.16. The molecule has 0 radical (unpaired) electrons. The van der Waals surface area contributed by atoms with E-state index in [-0.39, 0.29) is 11.9 Å². The summed E-state index contributed by atoms with van der Waals surface area (Å²) in [5.74, 6) is -0.265. The second-order valence-corrected chi connectivity index (χ2v) is 6.36. The number of nitrogens with zero attached hydrogens (tertiary/aromatic N) is 3. The first-order valence-corrected chi connectivity index (χ1v) is 7.55. The highest BCUT2D eigenvalue weighted by Gasteiger charge is 2.50. The molecule has 1 aliphatic carbocycles. The Labute approximate surface area is 119 Å². The summed E-state index contributed by atoms with van der Waals surface area (Å²) in [5, 5.41) is 9.50. The van der Waals surface area contributed by atoms with E-state index in [2.05, 4.69) is 4.90 Å². The van der Waals surface area contributed by atoms with Gasteiger partial charge in [-0.15, -0.1) is 0 Å². The smallest absolute Gasteiger partial charge is 0.326 e. The van der Waals surface area contributed by atoms with E-state index in [0.29, 0.717) is 25.6 Å². The highest BCUT2D eigenvalue weighted by molar-refractivity contribution is 5.84. The topological polar surface area (TPSA) is 64.1 Å². The Bertz CT molecular complexity index is 406. The molecule has 2 aliphatic heterocycles. The zero-order valence-corrected chi connectivity index (χ0v) is 12.0. The lowest BCUT2D eigenvalue weighted by Gasteiger charge is -2.36. The lowest BCUT2D eigenvalue weighted by atomic mass is 9.94. The molecule has 0 aromatic heterocycles. The number of rotatable bonds is 1. The third kappa shape index (κ3) is 2.26. The standard InChI is InChI=1S/C14H23N3O3/c1-15-5-7-16(8-6-15)14(20)17-9-10-3-2-4-11(10)12(17)13(18)19/h10-12H,2-9H2,1H3,(H,18,19). The Kier molecular flexibility index (Phi) is 3.58. The summed E-state index contributed by atoms with van der Waals surface area (Å²) in [6.07, 6.45) is 3.13. The van der Waals surface area contributed by atoms with Gasteiger partial charge in [-0.25, -0.2) is 9.59 Å². The van der Waals surface area contributed by atoms with Crippen molar-refractivity contribution in [2.45, 2.75) is 25.3 Å². The monoisotopic (exact) mass is 281 g/mol. The number of carbonyl (C=O) groups excluding carboxylic acids is 1. The first-order chi connectivity index (χ1) is 9.58. The van der Waals surface area contributed by atoms with Gasteiger partial charge >= 0.3 is 12.0 Å².